The second-order valence-electron chi connectivity index (χ2n) is 3.73. The summed E-state index contributed by atoms with van der Waals surface area (Å²) < 4.78 is 7.35. The Morgan fingerprint density at radius 3 is 2.76 bits per heavy atom. The van der Waals surface area contributed by atoms with Gasteiger partial charge in [-0.05, 0) is 26.0 Å². The zero-order chi connectivity index (χ0) is 12.3. The molecule has 0 aliphatic heterocycles. The average Bonchev–Trinajstić information content (AvgIpc) is 2.72. The Balaban J connectivity index is 2.48. The number of ether oxygens (including phenoxy) is 1. The van der Waals surface area contributed by atoms with Crippen molar-refractivity contribution in [3.63, 3.8) is 0 Å². The maximum absolute atomic E-state index is 9.17. The summed E-state index contributed by atoms with van der Waals surface area (Å²) in [5.74, 6) is 0.797. The molecule has 0 bridgehead atoms. The van der Waals surface area contributed by atoms with Crippen LogP contribution in [0.2, 0.25) is 0 Å². The van der Waals surface area contributed by atoms with Crippen LogP contribution in [0.5, 0.6) is 5.75 Å². The summed E-state index contributed by atoms with van der Waals surface area (Å²) in [4.78, 5) is 0. The van der Waals surface area contributed by atoms with Crippen LogP contribution in [0, 0.1) is 6.92 Å². The standard InChI is InChI=1S/C13H16N2O2/c1-3-17-13-7-5-4-6-12(13)15-10(2)11(9-16)8-14-15/h4-8,16H,3,9H2,1-2H3. The first-order valence-corrected chi connectivity index (χ1v) is 5.64. The first-order chi connectivity index (χ1) is 8.27. The van der Waals surface area contributed by atoms with E-state index in [0.29, 0.717) is 6.61 Å². The van der Waals surface area contributed by atoms with Gasteiger partial charge in [0.05, 0.1) is 19.4 Å². The molecule has 1 heterocycles. The third-order valence-corrected chi connectivity index (χ3v) is 2.68. The summed E-state index contributed by atoms with van der Waals surface area (Å²) in [5.41, 5.74) is 2.66. The van der Waals surface area contributed by atoms with Gasteiger partial charge in [0.15, 0.2) is 0 Å². The number of para-hydroxylation sites is 2. The predicted octanol–water partition coefficient (Wildman–Crippen LogP) is 2.07. The molecule has 0 saturated carbocycles. The molecule has 0 unspecified atom stereocenters. The predicted molar refractivity (Wildman–Crippen MR) is 65.4 cm³/mol. The second-order valence-corrected chi connectivity index (χ2v) is 3.73. The van der Waals surface area contributed by atoms with Crippen molar-refractivity contribution in [3.8, 4) is 11.4 Å². The lowest BCUT2D eigenvalue weighted by Crippen LogP contribution is -2.03. The van der Waals surface area contributed by atoms with Crippen molar-refractivity contribution in [2.45, 2.75) is 20.5 Å². The van der Waals surface area contributed by atoms with Gasteiger partial charge in [0, 0.05) is 11.3 Å². The lowest BCUT2D eigenvalue weighted by atomic mass is 10.2. The summed E-state index contributed by atoms with van der Waals surface area (Å²) in [7, 11) is 0. The summed E-state index contributed by atoms with van der Waals surface area (Å²) in [6.45, 7) is 4.50. The van der Waals surface area contributed by atoms with E-state index >= 15 is 0 Å². The van der Waals surface area contributed by atoms with Crippen molar-refractivity contribution in [2.75, 3.05) is 6.61 Å². The van der Waals surface area contributed by atoms with E-state index in [4.69, 9.17) is 9.84 Å². The highest BCUT2D eigenvalue weighted by atomic mass is 16.5. The fraction of sp³-hybridized carbons (Fsp3) is 0.308. The van der Waals surface area contributed by atoms with Crippen LogP contribution in [0.25, 0.3) is 5.69 Å². The van der Waals surface area contributed by atoms with Gasteiger partial charge in [-0.2, -0.15) is 5.10 Å². The van der Waals surface area contributed by atoms with E-state index in [1.54, 1.807) is 10.9 Å². The van der Waals surface area contributed by atoms with Gasteiger partial charge in [0.1, 0.15) is 11.4 Å². The summed E-state index contributed by atoms with van der Waals surface area (Å²) in [5, 5.41) is 13.4. The highest BCUT2D eigenvalue weighted by Gasteiger charge is 2.10. The first kappa shape index (κ1) is 11.7. The van der Waals surface area contributed by atoms with Gasteiger partial charge >= 0.3 is 0 Å². The van der Waals surface area contributed by atoms with E-state index in [2.05, 4.69) is 5.10 Å². The molecule has 0 aliphatic rings. The molecular formula is C13H16N2O2. The Labute approximate surface area is 100 Å². The van der Waals surface area contributed by atoms with Crippen LogP contribution in [-0.2, 0) is 6.61 Å². The van der Waals surface area contributed by atoms with E-state index < -0.39 is 0 Å². The third-order valence-electron chi connectivity index (χ3n) is 2.68. The molecule has 0 aliphatic carbocycles. The second kappa shape index (κ2) is 5.01. The van der Waals surface area contributed by atoms with Gasteiger partial charge in [-0.1, -0.05) is 12.1 Å². The number of hydrogen-bond donors (Lipinski definition) is 1. The lowest BCUT2D eigenvalue weighted by molar-refractivity contribution is 0.281. The molecule has 4 heteroatoms. The van der Waals surface area contributed by atoms with Crippen molar-refractivity contribution in [2.24, 2.45) is 0 Å². The van der Waals surface area contributed by atoms with E-state index in [-0.39, 0.29) is 6.61 Å². The van der Waals surface area contributed by atoms with Crippen LogP contribution < -0.4 is 4.74 Å². The largest absolute Gasteiger partial charge is 0.492 e. The monoisotopic (exact) mass is 232 g/mol. The highest BCUT2D eigenvalue weighted by Crippen LogP contribution is 2.24. The minimum atomic E-state index is 0.00261. The molecule has 4 nitrogen and oxygen atoms in total. The van der Waals surface area contributed by atoms with Gasteiger partial charge in [0.25, 0.3) is 0 Å². The van der Waals surface area contributed by atoms with Crippen LogP contribution >= 0.6 is 0 Å². The first-order valence-electron chi connectivity index (χ1n) is 5.64. The van der Waals surface area contributed by atoms with E-state index in [1.807, 2.05) is 38.1 Å². The minimum Gasteiger partial charge on any atom is -0.492 e. The number of rotatable bonds is 4. The number of nitrogens with zero attached hydrogens (tertiary/aromatic N) is 2. The maximum atomic E-state index is 9.17. The van der Waals surface area contributed by atoms with Crippen LogP contribution in [0.4, 0.5) is 0 Å². The lowest BCUT2D eigenvalue weighted by Gasteiger charge is -2.11. The smallest absolute Gasteiger partial charge is 0.144 e. The van der Waals surface area contributed by atoms with Crippen molar-refractivity contribution in [3.05, 3.63) is 41.7 Å². The molecule has 17 heavy (non-hydrogen) atoms. The van der Waals surface area contributed by atoms with Crippen molar-refractivity contribution < 1.29 is 9.84 Å². The van der Waals surface area contributed by atoms with E-state index in [0.717, 1.165) is 22.7 Å². The van der Waals surface area contributed by atoms with Crippen LogP contribution in [0.15, 0.2) is 30.5 Å². The molecule has 1 aromatic heterocycles. The van der Waals surface area contributed by atoms with Gasteiger partial charge in [-0.3, -0.25) is 0 Å². The Morgan fingerprint density at radius 2 is 2.12 bits per heavy atom. The van der Waals surface area contributed by atoms with Crippen LogP contribution in [-0.4, -0.2) is 21.5 Å². The molecule has 0 radical (unpaired) electrons. The Hall–Kier alpha value is -1.81. The summed E-state index contributed by atoms with van der Waals surface area (Å²) >= 11 is 0. The maximum Gasteiger partial charge on any atom is 0.144 e. The Bertz CT molecular complexity index is 506. The quantitative estimate of drug-likeness (QED) is 0.877. The third kappa shape index (κ3) is 2.17. The number of aliphatic hydroxyl groups excluding tert-OH is 1. The molecule has 90 valence electrons. The molecule has 2 aromatic rings. The molecule has 0 amide bonds. The highest BCUT2D eigenvalue weighted by molar-refractivity contribution is 5.47. The zero-order valence-corrected chi connectivity index (χ0v) is 10.1. The Kier molecular flexibility index (Phi) is 3.44. The van der Waals surface area contributed by atoms with Crippen molar-refractivity contribution >= 4 is 0 Å². The molecule has 2 rings (SSSR count). The number of benzene rings is 1. The number of hydrogen-bond acceptors (Lipinski definition) is 3. The summed E-state index contributed by atoms with van der Waals surface area (Å²) in [6, 6.07) is 7.74. The van der Waals surface area contributed by atoms with Crippen LogP contribution in [0.1, 0.15) is 18.2 Å². The van der Waals surface area contributed by atoms with Crippen LogP contribution in [0.3, 0.4) is 0 Å². The fourth-order valence-corrected chi connectivity index (χ4v) is 1.75. The van der Waals surface area contributed by atoms with E-state index in [9.17, 15) is 0 Å². The fourth-order valence-electron chi connectivity index (χ4n) is 1.75. The average molecular weight is 232 g/mol. The molecular weight excluding hydrogens is 216 g/mol. The van der Waals surface area contributed by atoms with Gasteiger partial charge in [0.2, 0.25) is 0 Å². The molecule has 0 atom stereocenters. The topological polar surface area (TPSA) is 47.3 Å². The molecule has 0 saturated heterocycles. The van der Waals surface area contributed by atoms with Crippen molar-refractivity contribution in [1.82, 2.24) is 9.78 Å². The normalized spacial score (nSPS) is 10.5. The van der Waals surface area contributed by atoms with Gasteiger partial charge < -0.3 is 9.84 Å². The Morgan fingerprint density at radius 1 is 1.35 bits per heavy atom. The summed E-state index contributed by atoms with van der Waals surface area (Å²) in [6.07, 6.45) is 1.68. The molecule has 1 N–H and O–H groups in total. The van der Waals surface area contributed by atoms with Gasteiger partial charge in [-0.25, -0.2) is 4.68 Å². The minimum absolute atomic E-state index is 0.00261. The molecule has 1 aromatic carbocycles. The number of aromatic nitrogens is 2. The van der Waals surface area contributed by atoms with Crippen molar-refractivity contribution in [1.29, 1.82) is 0 Å². The SMILES string of the molecule is CCOc1ccccc1-n1ncc(CO)c1C. The zero-order valence-electron chi connectivity index (χ0n) is 10.1. The number of aliphatic hydroxyl groups is 1. The molecule has 0 fully saturated rings. The van der Waals surface area contributed by atoms with E-state index in [1.165, 1.54) is 0 Å². The molecule has 0 spiro atoms. The van der Waals surface area contributed by atoms with Gasteiger partial charge in [-0.15, -0.1) is 0 Å².